The normalized spacial score (nSPS) is 26.0. The van der Waals surface area contributed by atoms with Crippen LogP contribution in [0.4, 0.5) is 0 Å². The van der Waals surface area contributed by atoms with Gasteiger partial charge in [0.15, 0.2) is 0 Å². The van der Waals surface area contributed by atoms with Crippen LogP contribution in [0, 0.1) is 17.8 Å². The molecule has 1 saturated heterocycles. The van der Waals surface area contributed by atoms with Crippen LogP contribution in [0.15, 0.2) is 0 Å². The molecule has 4 heteroatoms. The highest BCUT2D eigenvalue weighted by Crippen LogP contribution is 2.22. The van der Waals surface area contributed by atoms with E-state index in [4.69, 9.17) is 0 Å². The van der Waals surface area contributed by atoms with Gasteiger partial charge in [-0.15, -0.1) is 0 Å². The van der Waals surface area contributed by atoms with Crippen molar-refractivity contribution in [3.8, 4) is 0 Å². The molecule has 19 heavy (non-hydrogen) atoms. The van der Waals surface area contributed by atoms with Gasteiger partial charge in [0, 0.05) is 6.54 Å². The van der Waals surface area contributed by atoms with Crippen molar-refractivity contribution in [3.05, 3.63) is 0 Å². The fourth-order valence-electron chi connectivity index (χ4n) is 2.64. The molecule has 0 aromatic carbocycles. The van der Waals surface area contributed by atoms with E-state index < -0.39 is 0 Å². The van der Waals surface area contributed by atoms with E-state index in [1.807, 2.05) is 27.7 Å². The maximum atomic E-state index is 12.6. The van der Waals surface area contributed by atoms with Crippen LogP contribution in [-0.2, 0) is 9.59 Å². The molecule has 1 fully saturated rings. The highest BCUT2D eigenvalue weighted by Gasteiger charge is 2.43. The van der Waals surface area contributed by atoms with E-state index in [0.29, 0.717) is 12.5 Å². The number of hydrogen-bond donors (Lipinski definition) is 1. The summed E-state index contributed by atoms with van der Waals surface area (Å²) in [5.41, 5.74) is 0. The van der Waals surface area contributed by atoms with E-state index in [1.165, 1.54) is 0 Å². The van der Waals surface area contributed by atoms with Crippen molar-refractivity contribution in [2.75, 3.05) is 6.54 Å². The van der Waals surface area contributed by atoms with E-state index in [-0.39, 0.29) is 35.7 Å². The van der Waals surface area contributed by atoms with Crippen molar-refractivity contribution in [2.24, 2.45) is 17.8 Å². The largest absolute Gasteiger partial charge is 0.342 e. The monoisotopic (exact) mass is 268 g/mol. The lowest BCUT2D eigenvalue weighted by Crippen LogP contribution is -2.66. The van der Waals surface area contributed by atoms with Gasteiger partial charge in [-0.3, -0.25) is 9.59 Å². The van der Waals surface area contributed by atoms with Gasteiger partial charge in [0.05, 0.1) is 0 Å². The molecule has 0 bridgehead atoms. The van der Waals surface area contributed by atoms with Gasteiger partial charge in [0.1, 0.15) is 12.1 Å². The molecule has 0 aliphatic carbocycles. The van der Waals surface area contributed by atoms with Crippen LogP contribution in [0.1, 0.15) is 48.0 Å². The van der Waals surface area contributed by atoms with E-state index in [2.05, 4.69) is 19.2 Å². The summed E-state index contributed by atoms with van der Waals surface area (Å²) < 4.78 is 0. The molecule has 1 N–H and O–H groups in total. The molecule has 1 heterocycles. The van der Waals surface area contributed by atoms with Gasteiger partial charge in [-0.1, -0.05) is 48.0 Å². The molecule has 0 radical (unpaired) electrons. The lowest BCUT2D eigenvalue weighted by Gasteiger charge is -2.43. The average Bonchev–Trinajstić information content (AvgIpc) is 2.31. The molecule has 0 aromatic rings. The lowest BCUT2D eigenvalue weighted by molar-refractivity contribution is -0.153. The third kappa shape index (κ3) is 3.48. The maximum Gasteiger partial charge on any atom is 0.246 e. The molecule has 4 nitrogen and oxygen atoms in total. The molecule has 1 rings (SSSR count). The third-order valence-corrected chi connectivity index (χ3v) is 3.86. The van der Waals surface area contributed by atoms with Crippen molar-refractivity contribution < 1.29 is 9.59 Å². The van der Waals surface area contributed by atoms with Gasteiger partial charge in [-0.25, -0.2) is 0 Å². The van der Waals surface area contributed by atoms with Crippen LogP contribution >= 0.6 is 0 Å². The van der Waals surface area contributed by atoms with Crippen LogP contribution in [0.25, 0.3) is 0 Å². The standard InChI is InChI=1S/C15H28N2O2/c1-7-11(6)12-15(19)17(8-9(2)3)13(10(4)5)14(18)16-12/h9-13H,7-8H2,1-6H3,(H,16,18). The molecule has 110 valence electrons. The van der Waals surface area contributed by atoms with E-state index in [9.17, 15) is 9.59 Å². The molecule has 0 saturated carbocycles. The van der Waals surface area contributed by atoms with E-state index in [0.717, 1.165) is 6.42 Å². The second-order valence-electron chi connectivity index (χ2n) is 6.45. The first-order valence-electron chi connectivity index (χ1n) is 7.40. The molecule has 2 amide bonds. The first-order valence-corrected chi connectivity index (χ1v) is 7.40. The zero-order chi connectivity index (χ0) is 14.7. The van der Waals surface area contributed by atoms with Crippen LogP contribution < -0.4 is 5.32 Å². The molecule has 1 aliphatic rings. The first-order chi connectivity index (χ1) is 8.79. The Hall–Kier alpha value is -1.06. The highest BCUT2D eigenvalue weighted by atomic mass is 16.2. The fraction of sp³-hybridized carbons (Fsp3) is 0.867. The van der Waals surface area contributed by atoms with E-state index in [1.54, 1.807) is 4.90 Å². The Labute approximate surface area is 116 Å². The average molecular weight is 268 g/mol. The van der Waals surface area contributed by atoms with Crippen molar-refractivity contribution in [1.82, 2.24) is 10.2 Å². The quantitative estimate of drug-likeness (QED) is 0.829. The summed E-state index contributed by atoms with van der Waals surface area (Å²) in [7, 11) is 0. The van der Waals surface area contributed by atoms with Gasteiger partial charge < -0.3 is 10.2 Å². The second kappa shape index (κ2) is 6.40. The minimum atomic E-state index is -0.355. The van der Waals surface area contributed by atoms with Gasteiger partial charge in [-0.05, 0) is 17.8 Å². The Morgan fingerprint density at radius 1 is 1.16 bits per heavy atom. The zero-order valence-electron chi connectivity index (χ0n) is 13.1. The molecule has 1 aliphatic heterocycles. The summed E-state index contributed by atoms with van der Waals surface area (Å²) in [5, 5.41) is 2.92. The van der Waals surface area contributed by atoms with Gasteiger partial charge in [0.2, 0.25) is 11.8 Å². The molecular formula is C15H28N2O2. The molecule has 0 spiro atoms. The van der Waals surface area contributed by atoms with Crippen LogP contribution in [-0.4, -0.2) is 35.3 Å². The van der Waals surface area contributed by atoms with Crippen LogP contribution in [0.2, 0.25) is 0 Å². The molecule has 0 aromatic heterocycles. The molecule has 3 unspecified atom stereocenters. The van der Waals surface area contributed by atoms with Crippen LogP contribution in [0.5, 0.6) is 0 Å². The van der Waals surface area contributed by atoms with E-state index >= 15 is 0 Å². The summed E-state index contributed by atoms with van der Waals surface area (Å²) in [6.07, 6.45) is 0.887. The topological polar surface area (TPSA) is 49.4 Å². The van der Waals surface area contributed by atoms with Crippen molar-refractivity contribution in [3.63, 3.8) is 0 Å². The summed E-state index contributed by atoms with van der Waals surface area (Å²) in [5.74, 6) is 0.774. The number of carbonyl (C=O) groups is 2. The summed E-state index contributed by atoms with van der Waals surface area (Å²) in [6.45, 7) is 12.9. The zero-order valence-corrected chi connectivity index (χ0v) is 13.1. The Morgan fingerprint density at radius 3 is 2.16 bits per heavy atom. The predicted octanol–water partition coefficient (Wildman–Crippen LogP) is 2.04. The van der Waals surface area contributed by atoms with Crippen LogP contribution in [0.3, 0.4) is 0 Å². The number of piperazine rings is 1. The van der Waals surface area contributed by atoms with Crippen molar-refractivity contribution in [2.45, 2.75) is 60.0 Å². The minimum absolute atomic E-state index is 0.000509. The van der Waals surface area contributed by atoms with Gasteiger partial charge in [-0.2, -0.15) is 0 Å². The van der Waals surface area contributed by atoms with Gasteiger partial charge in [0.25, 0.3) is 0 Å². The number of nitrogens with zero attached hydrogens (tertiary/aromatic N) is 1. The number of carbonyl (C=O) groups excluding carboxylic acids is 2. The molecule has 3 atom stereocenters. The fourth-order valence-corrected chi connectivity index (χ4v) is 2.64. The van der Waals surface area contributed by atoms with Crippen molar-refractivity contribution in [1.29, 1.82) is 0 Å². The number of rotatable bonds is 5. The highest BCUT2D eigenvalue weighted by molar-refractivity contribution is 5.97. The summed E-state index contributed by atoms with van der Waals surface area (Å²) in [4.78, 5) is 26.7. The molecular weight excluding hydrogens is 240 g/mol. The number of hydrogen-bond acceptors (Lipinski definition) is 2. The predicted molar refractivity (Wildman–Crippen MR) is 76.6 cm³/mol. The van der Waals surface area contributed by atoms with Gasteiger partial charge >= 0.3 is 0 Å². The third-order valence-electron chi connectivity index (χ3n) is 3.86. The summed E-state index contributed by atoms with van der Waals surface area (Å²) >= 11 is 0. The smallest absolute Gasteiger partial charge is 0.246 e. The summed E-state index contributed by atoms with van der Waals surface area (Å²) in [6, 6.07) is -0.679. The van der Waals surface area contributed by atoms with Crippen molar-refractivity contribution >= 4 is 11.8 Å². The Balaban J connectivity index is 3.01. The number of amides is 2. The Kier molecular flexibility index (Phi) is 5.39. The Morgan fingerprint density at radius 2 is 1.74 bits per heavy atom. The second-order valence-corrected chi connectivity index (χ2v) is 6.45. The lowest BCUT2D eigenvalue weighted by atomic mass is 9.90. The minimum Gasteiger partial charge on any atom is -0.342 e. The maximum absolute atomic E-state index is 12.6. The SMILES string of the molecule is CCC(C)C1NC(=O)C(C(C)C)N(CC(C)C)C1=O. The Bertz CT molecular complexity index is 339. The first kappa shape index (κ1) is 16.0. The number of nitrogens with one attached hydrogen (secondary N) is 1.